The van der Waals surface area contributed by atoms with Crippen molar-refractivity contribution in [1.29, 1.82) is 0 Å². The molecule has 1 aromatic heterocycles. The molecule has 1 fully saturated rings. The largest absolute Gasteiger partial charge is 0.469 e. The molecule has 1 saturated heterocycles. The highest BCUT2D eigenvalue weighted by Gasteiger charge is 2.41. The van der Waals surface area contributed by atoms with Crippen molar-refractivity contribution < 1.29 is 14.6 Å². The molecular formula is C10H12N2O5. The van der Waals surface area contributed by atoms with Crippen LogP contribution in [0.15, 0.2) is 34.2 Å². The summed E-state index contributed by atoms with van der Waals surface area (Å²) < 4.78 is 11.4. The number of rotatable bonds is 2. The molecule has 1 aliphatic heterocycles. The van der Waals surface area contributed by atoms with E-state index in [-0.39, 0.29) is 5.76 Å². The van der Waals surface area contributed by atoms with Crippen LogP contribution in [-0.4, -0.2) is 34.0 Å². The topological polar surface area (TPSA) is 93.6 Å². The van der Waals surface area contributed by atoms with Crippen molar-refractivity contribution in [3.63, 3.8) is 0 Å². The van der Waals surface area contributed by atoms with Crippen LogP contribution < -0.4 is 11.2 Å². The van der Waals surface area contributed by atoms with Gasteiger partial charge in [-0.15, -0.1) is 0 Å². The maximum Gasteiger partial charge on any atom is 0.331 e. The van der Waals surface area contributed by atoms with Crippen molar-refractivity contribution in [3.05, 3.63) is 45.4 Å². The van der Waals surface area contributed by atoms with Gasteiger partial charge in [0, 0.05) is 19.4 Å². The lowest BCUT2D eigenvalue weighted by molar-refractivity contribution is -0.0430. The molecule has 1 aliphatic rings. The summed E-state index contributed by atoms with van der Waals surface area (Å²) in [5.74, 6) is 0.125. The maximum atomic E-state index is 11.6. The lowest BCUT2D eigenvalue weighted by Crippen LogP contribution is -2.38. The number of aliphatic hydroxyl groups is 1. The SMILES string of the molecule is C=C1O[C@@H](n2ccc(=O)[nH]c2=O)C(OC)C1O. The van der Waals surface area contributed by atoms with Gasteiger partial charge < -0.3 is 14.6 Å². The fourth-order valence-corrected chi connectivity index (χ4v) is 1.72. The first-order valence-corrected chi connectivity index (χ1v) is 4.92. The number of aromatic amines is 1. The predicted octanol–water partition coefficient (Wildman–Crippen LogP) is -1.05. The van der Waals surface area contributed by atoms with Crippen LogP contribution in [0.1, 0.15) is 6.23 Å². The van der Waals surface area contributed by atoms with E-state index in [1.165, 1.54) is 19.4 Å². The summed E-state index contributed by atoms with van der Waals surface area (Å²) in [6.07, 6.45) is -1.31. The van der Waals surface area contributed by atoms with Crippen molar-refractivity contribution >= 4 is 0 Å². The molecule has 2 heterocycles. The van der Waals surface area contributed by atoms with Crippen molar-refractivity contribution in [2.75, 3.05) is 7.11 Å². The quantitative estimate of drug-likeness (QED) is 0.688. The van der Waals surface area contributed by atoms with Crippen LogP contribution in [0.25, 0.3) is 0 Å². The molecule has 2 rings (SSSR count). The summed E-state index contributed by atoms with van der Waals surface area (Å²) in [6.45, 7) is 3.52. The van der Waals surface area contributed by atoms with Gasteiger partial charge in [0.05, 0.1) is 0 Å². The van der Waals surface area contributed by atoms with Crippen LogP contribution in [0.3, 0.4) is 0 Å². The van der Waals surface area contributed by atoms with Gasteiger partial charge in [-0.3, -0.25) is 14.3 Å². The van der Waals surface area contributed by atoms with Crippen molar-refractivity contribution in [1.82, 2.24) is 9.55 Å². The third-order valence-corrected chi connectivity index (χ3v) is 2.59. The lowest BCUT2D eigenvalue weighted by Gasteiger charge is -2.19. The number of hydrogen-bond acceptors (Lipinski definition) is 5. The second-order valence-corrected chi connectivity index (χ2v) is 3.64. The molecule has 2 unspecified atom stereocenters. The van der Waals surface area contributed by atoms with Gasteiger partial charge in [-0.1, -0.05) is 6.58 Å². The van der Waals surface area contributed by atoms with Crippen LogP contribution in [0, 0.1) is 0 Å². The number of hydrogen-bond donors (Lipinski definition) is 2. The zero-order valence-corrected chi connectivity index (χ0v) is 9.12. The van der Waals surface area contributed by atoms with E-state index in [0.29, 0.717) is 0 Å². The van der Waals surface area contributed by atoms with Gasteiger partial charge in [-0.05, 0) is 0 Å². The molecule has 3 atom stereocenters. The van der Waals surface area contributed by atoms with Crippen LogP contribution in [0.4, 0.5) is 0 Å². The molecule has 17 heavy (non-hydrogen) atoms. The van der Waals surface area contributed by atoms with E-state index in [2.05, 4.69) is 11.6 Å². The summed E-state index contributed by atoms with van der Waals surface area (Å²) >= 11 is 0. The molecule has 7 nitrogen and oxygen atoms in total. The molecular weight excluding hydrogens is 228 g/mol. The molecule has 0 bridgehead atoms. The Kier molecular flexibility index (Phi) is 2.86. The zero-order valence-electron chi connectivity index (χ0n) is 9.12. The molecule has 1 aromatic rings. The van der Waals surface area contributed by atoms with E-state index in [1.54, 1.807) is 0 Å². The molecule has 0 spiro atoms. The smallest absolute Gasteiger partial charge is 0.331 e. The monoisotopic (exact) mass is 240 g/mol. The van der Waals surface area contributed by atoms with Crippen molar-refractivity contribution in [3.8, 4) is 0 Å². The van der Waals surface area contributed by atoms with Gasteiger partial charge >= 0.3 is 5.69 Å². The van der Waals surface area contributed by atoms with Gasteiger partial charge in [0.2, 0.25) is 6.23 Å². The number of ether oxygens (including phenoxy) is 2. The van der Waals surface area contributed by atoms with E-state index < -0.39 is 29.7 Å². The number of aromatic nitrogens is 2. The Labute approximate surface area is 95.9 Å². The van der Waals surface area contributed by atoms with Gasteiger partial charge in [0.15, 0.2) is 0 Å². The summed E-state index contributed by atoms with van der Waals surface area (Å²) in [6, 6.07) is 1.19. The Morgan fingerprint density at radius 2 is 2.29 bits per heavy atom. The second kappa shape index (κ2) is 4.19. The molecule has 0 aliphatic carbocycles. The number of nitrogens with one attached hydrogen (secondary N) is 1. The Bertz CT molecular complexity index is 546. The highest BCUT2D eigenvalue weighted by atomic mass is 16.6. The standard InChI is InChI=1S/C10H12N2O5/c1-5-7(14)8(16-2)9(17-5)12-4-3-6(13)11-10(12)15/h3-4,7-9,14H,1H2,2H3,(H,11,13,15)/t7?,8?,9-/m1/s1. The number of aliphatic hydroxyl groups excluding tert-OH is 1. The van der Waals surface area contributed by atoms with E-state index >= 15 is 0 Å². The summed E-state index contributed by atoms with van der Waals surface area (Å²) in [4.78, 5) is 24.6. The van der Waals surface area contributed by atoms with Crippen molar-refractivity contribution in [2.45, 2.75) is 18.4 Å². The maximum absolute atomic E-state index is 11.6. The summed E-state index contributed by atoms with van der Waals surface area (Å²) in [5.41, 5.74) is -1.14. The number of H-pyrrole nitrogens is 1. The fraction of sp³-hybridized carbons (Fsp3) is 0.400. The lowest BCUT2D eigenvalue weighted by atomic mass is 10.2. The average Bonchev–Trinajstić information content (AvgIpc) is 2.55. The predicted molar refractivity (Wildman–Crippen MR) is 57.4 cm³/mol. The van der Waals surface area contributed by atoms with Crippen LogP contribution in [0.5, 0.6) is 0 Å². The molecule has 0 amide bonds. The molecule has 0 radical (unpaired) electrons. The fourth-order valence-electron chi connectivity index (χ4n) is 1.72. The highest BCUT2D eigenvalue weighted by molar-refractivity contribution is 5.05. The first-order valence-electron chi connectivity index (χ1n) is 4.92. The third-order valence-electron chi connectivity index (χ3n) is 2.59. The minimum Gasteiger partial charge on any atom is -0.469 e. The Balaban J connectivity index is 2.43. The van der Waals surface area contributed by atoms with Crippen molar-refractivity contribution in [2.24, 2.45) is 0 Å². The van der Waals surface area contributed by atoms with Crippen LogP contribution in [0.2, 0.25) is 0 Å². The minimum atomic E-state index is -1.01. The van der Waals surface area contributed by atoms with Gasteiger partial charge in [0.1, 0.15) is 18.0 Å². The zero-order chi connectivity index (χ0) is 12.6. The highest BCUT2D eigenvalue weighted by Crippen LogP contribution is 2.31. The Morgan fingerprint density at radius 1 is 1.59 bits per heavy atom. The first kappa shape index (κ1) is 11.6. The summed E-state index contributed by atoms with van der Waals surface area (Å²) in [7, 11) is 1.39. The number of methoxy groups -OCH3 is 1. The molecule has 2 N–H and O–H groups in total. The van der Waals surface area contributed by atoms with E-state index in [0.717, 1.165) is 4.57 Å². The second-order valence-electron chi connectivity index (χ2n) is 3.64. The van der Waals surface area contributed by atoms with Gasteiger partial charge in [0.25, 0.3) is 5.56 Å². The van der Waals surface area contributed by atoms with E-state index in [4.69, 9.17) is 9.47 Å². The Hall–Kier alpha value is -1.86. The third kappa shape index (κ3) is 1.90. The van der Waals surface area contributed by atoms with Gasteiger partial charge in [-0.25, -0.2) is 4.79 Å². The molecule has 92 valence electrons. The first-order chi connectivity index (χ1) is 8.04. The Morgan fingerprint density at radius 3 is 2.88 bits per heavy atom. The van der Waals surface area contributed by atoms with Crippen LogP contribution in [-0.2, 0) is 9.47 Å². The molecule has 0 aromatic carbocycles. The summed E-state index contributed by atoms with van der Waals surface area (Å²) in [5, 5.41) is 9.70. The number of nitrogens with zero attached hydrogens (tertiary/aromatic N) is 1. The molecule has 0 saturated carbocycles. The normalized spacial score (nSPS) is 28.1. The van der Waals surface area contributed by atoms with Gasteiger partial charge in [-0.2, -0.15) is 0 Å². The minimum absolute atomic E-state index is 0.125. The van der Waals surface area contributed by atoms with E-state index in [9.17, 15) is 14.7 Å². The molecule has 7 heteroatoms. The average molecular weight is 240 g/mol. The van der Waals surface area contributed by atoms with Crippen LogP contribution >= 0.6 is 0 Å². The van der Waals surface area contributed by atoms with E-state index in [1.807, 2.05) is 0 Å².